The van der Waals surface area contributed by atoms with Crippen molar-refractivity contribution in [3.8, 4) is 11.5 Å². The maximum atomic E-state index is 9.91. The van der Waals surface area contributed by atoms with Crippen LogP contribution in [-0.4, -0.2) is 76.0 Å². The van der Waals surface area contributed by atoms with Gasteiger partial charge in [-0.2, -0.15) is 0 Å². The summed E-state index contributed by atoms with van der Waals surface area (Å²) in [5.41, 5.74) is 0.939. The molecule has 3 atom stereocenters. The zero-order valence-corrected chi connectivity index (χ0v) is 17.6. The van der Waals surface area contributed by atoms with Gasteiger partial charge >= 0.3 is 0 Å². The van der Waals surface area contributed by atoms with Gasteiger partial charge in [-0.15, -0.1) is 0 Å². The molecule has 8 heteroatoms. The van der Waals surface area contributed by atoms with Crippen molar-refractivity contribution >= 4 is 5.69 Å². The molecule has 2 unspecified atom stereocenters. The molecule has 160 valence electrons. The van der Waals surface area contributed by atoms with Crippen molar-refractivity contribution in [2.75, 3.05) is 52.8 Å². The summed E-state index contributed by atoms with van der Waals surface area (Å²) in [4.78, 5) is 2.43. The summed E-state index contributed by atoms with van der Waals surface area (Å²) in [6, 6.07) is 5.79. The number of likely N-dealkylation sites (N-methyl/N-ethyl adjacent to an activating group) is 1. The maximum Gasteiger partial charge on any atom is 0.163 e. The lowest BCUT2D eigenvalue weighted by molar-refractivity contribution is 0.106. The van der Waals surface area contributed by atoms with E-state index in [-0.39, 0.29) is 19.1 Å². The first-order valence-corrected chi connectivity index (χ1v) is 10.2. The zero-order chi connectivity index (χ0) is 20.4. The minimum absolute atomic E-state index is 0.0360. The Balaban J connectivity index is 2.08. The van der Waals surface area contributed by atoms with E-state index in [1.54, 1.807) is 14.2 Å². The highest BCUT2D eigenvalue weighted by molar-refractivity contribution is 5.55. The number of anilines is 1. The van der Waals surface area contributed by atoms with Crippen LogP contribution >= 0.6 is 0 Å². The molecule has 0 aromatic heterocycles. The molecule has 1 heterocycles. The fraction of sp³-hybridized carbons (Fsp3) is 0.700. The number of unbranched alkanes of at least 4 members (excludes halogenated alkanes) is 1. The summed E-state index contributed by atoms with van der Waals surface area (Å²) in [6.07, 6.45) is 3.15. The summed E-state index contributed by atoms with van der Waals surface area (Å²) in [5.74, 6) is 1.26. The molecular weight excluding hydrogens is 358 g/mol. The fourth-order valence-corrected chi connectivity index (χ4v) is 3.28. The fourth-order valence-electron chi connectivity index (χ4n) is 3.28. The van der Waals surface area contributed by atoms with Crippen molar-refractivity contribution in [2.45, 2.75) is 44.7 Å². The normalized spacial score (nSPS) is 21.3. The Hall–Kier alpha value is -1.58. The van der Waals surface area contributed by atoms with Crippen molar-refractivity contribution < 1.29 is 14.6 Å². The Bertz CT molecular complexity index is 575. The van der Waals surface area contributed by atoms with Crippen molar-refractivity contribution in [3.63, 3.8) is 0 Å². The SMILES string of the molecule is CCCCN1CCC(NC)NC1Nc1ccc(OC)c(OC[C@H](O)CNC)c1. The average Bonchev–Trinajstić information content (AvgIpc) is 2.71. The Morgan fingerprint density at radius 1 is 1.32 bits per heavy atom. The lowest BCUT2D eigenvalue weighted by Crippen LogP contribution is -2.62. The third kappa shape index (κ3) is 6.79. The number of benzene rings is 1. The molecule has 1 fully saturated rings. The van der Waals surface area contributed by atoms with E-state index >= 15 is 0 Å². The molecule has 2 rings (SSSR count). The third-order valence-electron chi connectivity index (χ3n) is 4.91. The number of ether oxygens (including phenoxy) is 2. The number of aliphatic hydroxyl groups excluding tert-OH is 1. The van der Waals surface area contributed by atoms with Gasteiger partial charge < -0.3 is 30.5 Å². The highest BCUT2D eigenvalue weighted by atomic mass is 16.5. The summed E-state index contributed by atoms with van der Waals surface area (Å²) in [5, 5.41) is 23.3. The Labute approximate surface area is 169 Å². The molecule has 1 aromatic rings. The Morgan fingerprint density at radius 2 is 2.14 bits per heavy atom. The number of aliphatic hydroxyl groups is 1. The standard InChI is InChI=1S/C20H37N5O3/c1-5-6-10-25-11-9-19(22-3)24-20(25)23-15-7-8-17(27-4)18(12-15)28-14-16(26)13-21-2/h7-8,12,16,19-24,26H,5-6,9-11,13-14H2,1-4H3/t16-,19?,20?/m1/s1. The molecule has 1 aromatic carbocycles. The van der Waals surface area contributed by atoms with Gasteiger partial charge in [-0.3, -0.25) is 10.2 Å². The molecule has 0 spiro atoms. The van der Waals surface area contributed by atoms with Gasteiger partial charge in [0.05, 0.1) is 13.3 Å². The van der Waals surface area contributed by atoms with Gasteiger partial charge in [0, 0.05) is 31.4 Å². The molecular formula is C20H37N5O3. The minimum atomic E-state index is -0.577. The average molecular weight is 396 g/mol. The van der Waals surface area contributed by atoms with Gasteiger partial charge in [0.1, 0.15) is 19.0 Å². The molecule has 0 amide bonds. The van der Waals surface area contributed by atoms with Crippen LogP contribution in [-0.2, 0) is 0 Å². The van der Waals surface area contributed by atoms with Crippen LogP contribution in [0.1, 0.15) is 26.2 Å². The topological polar surface area (TPSA) is 90.1 Å². The molecule has 1 aliphatic rings. The predicted octanol–water partition coefficient (Wildman–Crippen LogP) is 0.991. The van der Waals surface area contributed by atoms with Crippen molar-refractivity contribution in [1.29, 1.82) is 0 Å². The lowest BCUT2D eigenvalue weighted by Gasteiger charge is -2.41. The number of methoxy groups -OCH3 is 1. The first kappa shape index (κ1) is 22.7. The van der Waals surface area contributed by atoms with Crippen LogP contribution in [0.2, 0.25) is 0 Å². The van der Waals surface area contributed by atoms with Gasteiger partial charge in [0.15, 0.2) is 11.5 Å². The number of rotatable bonds is 12. The smallest absolute Gasteiger partial charge is 0.163 e. The van der Waals surface area contributed by atoms with E-state index in [1.165, 1.54) is 12.8 Å². The van der Waals surface area contributed by atoms with Crippen LogP contribution in [0, 0.1) is 0 Å². The van der Waals surface area contributed by atoms with Gasteiger partial charge in [-0.05, 0) is 39.1 Å². The second kappa shape index (κ2) is 12.1. The van der Waals surface area contributed by atoms with Gasteiger partial charge in [0.2, 0.25) is 0 Å². The second-order valence-electron chi connectivity index (χ2n) is 7.12. The number of nitrogens with one attached hydrogen (secondary N) is 4. The predicted molar refractivity (Wildman–Crippen MR) is 113 cm³/mol. The van der Waals surface area contributed by atoms with Crippen LogP contribution < -0.4 is 30.7 Å². The summed E-state index contributed by atoms with van der Waals surface area (Å²) in [7, 11) is 5.40. The third-order valence-corrected chi connectivity index (χ3v) is 4.91. The molecule has 0 saturated carbocycles. The van der Waals surface area contributed by atoms with E-state index in [1.807, 2.05) is 25.2 Å². The molecule has 0 radical (unpaired) electrons. The van der Waals surface area contributed by atoms with Crippen molar-refractivity contribution in [3.05, 3.63) is 18.2 Å². The van der Waals surface area contributed by atoms with Crippen LogP contribution in [0.4, 0.5) is 5.69 Å². The minimum Gasteiger partial charge on any atom is -0.493 e. The molecule has 5 N–H and O–H groups in total. The van der Waals surface area contributed by atoms with E-state index in [0.717, 1.165) is 25.2 Å². The van der Waals surface area contributed by atoms with Crippen LogP contribution in [0.15, 0.2) is 18.2 Å². The van der Waals surface area contributed by atoms with Crippen molar-refractivity contribution in [1.82, 2.24) is 20.9 Å². The van der Waals surface area contributed by atoms with Gasteiger partial charge in [-0.25, -0.2) is 0 Å². The number of hydrogen-bond donors (Lipinski definition) is 5. The molecule has 1 aliphatic heterocycles. The molecule has 1 saturated heterocycles. The summed E-state index contributed by atoms with van der Waals surface area (Å²) in [6.45, 7) is 4.97. The highest BCUT2D eigenvalue weighted by Crippen LogP contribution is 2.31. The van der Waals surface area contributed by atoms with E-state index in [2.05, 4.69) is 33.1 Å². The second-order valence-corrected chi connectivity index (χ2v) is 7.12. The number of hydrogen-bond acceptors (Lipinski definition) is 8. The zero-order valence-electron chi connectivity index (χ0n) is 17.6. The molecule has 8 nitrogen and oxygen atoms in total. The Morgan fingerprint density at radius 3 is 2.82 bits per heavy atom. The van der Waals surface area contributed by atoms with E-state index in [0.29, 0.717) is 18.0 Å². The quantitative estimate of drug-likeness (QED) is 0.358. The molecule has 0 bridgehead atoms. The van der Waals surface area contributed by atoms with Gasteiger partial charge in [-0.1, -0.05) is 13.3 Å². The van der Waals surface area contributed by atoms with E-state index in [9.17, 15) is 5.11 Å². The molecule has 0 aliphatic carbocycles. The lowest BCUT2D eigenvalue weighted by atomic mass is 10.2. The van der Waals surface area contributed by atoms with Crippen LogP contribution in [0.5, 0.6) is 11.5 Å². The highest BCUT2D eigenvalue weighted by Gasteiger charge is 2.26. The summed E-state index contributed by atoms with van der Waals surface area (Å²) >= 11 is 0. The van der Waals surface area contributed by atoms with Crippen LogP contribution in [0.3, 0.4) is 0 Å². The number of nitrogens with zero attached hydrogens (tertiary/aromatic N) is 1. The van der Waals surface area contributed by atoms with E-state index in [4.69, 9.17) is 9.47 Å². The largest absolute Gasteiger partial charge is 0.493 e. The van der Waals surface area contributed by atoms with Crippen LogP contribution in [0.25, 0.3) is 0 Å². The summed E-state index contributed by atoms with van der Waals surface area (Å²) < 4.78 is 11.2. The van der Waals surface area contributed by atoms with Crippen molar-refractivity contribution in [2.24, 2.45) is 0 Å². The molecule has 28 heavy (non-hydrogen) atoms. The van der Waals surface area contributed by atoms with Gasteiger partial charge in [0.25, 0.3) is 0 Å². The first-order valence-electron chi connectivity index (χ1n) is 10.2. The monoisotopic (exact) mass is 395 g/mol. The first-order chi connectivity index (χ1) is 13.6. The maximum absolute atomic E-state index is 9.91. The van der Waals surface area contributed by atoms with E-state index < -0.39 is 6.10 Å². The Kier molecular flexibility index (Phi) is 9.80.